The third-order valence-electron chi connectivity index (χ3n) is 3.11. The van der Waals surface area contributed by atoms with Crippen molar-refractivity contribution in [2.24, 2.45) is 0 Å². The van der Waals surface area contributed by atoms with Crippen molar-refractivity contribution < 1.29 is 20.4 Å². The van der Waals surface area contributed by atoms with Crippen LogP contribution in [0.3, 0.4) is 0 Å². The van der Waals surface area contributed by atoms with Crippen LogP contribution in [-0.2, 0) is 0 Å². The average Bonchev–Trinajstić information content (AvgIpc) is 2.45. The van der Waals surface area contributed by atoms with E-state index in [1.807, 2.05) is 4.90 Å². The molecule has 2 unspecified atom stereocenters. The van der Waals surface area contributed by atoms with Crippen LogP contribution in [0.15, 0.2) is 12.2 Å². The van der Waals surface area contributed by atoms with Gasteiger partial charge in [-0.25, -0.2) is 0 Å². The Morgan fingerprint density at radius 2 is 1.45 bits per heavy atom. The first-order valence-electron chi connectivity index (χ1n) is 7.59. The molecule has 5 nitrogen and oxygen atoms in total. The third kappa shape index (κ3) is 11.4. The number of unbranched alkanes of at least 4 members (excludes halogenated alkanes) is 3. The molecule has 0 saturated heterocycles. The van der Waals surface area contributed by atoms with Gasteiger partial charge >= 0.3 is 0 Å². The van der Waals surface area contributed by atoms with E-state index in [2.05, 4.69) is 19.1 Å². The zero-order chi connectivity index (χ0) is 15.2. The van der Waals surface area contributed by atoms with Gasteiger partial charge in [0.1, 0.15) is 0 Å². The highest BCUT2D eigenvalue weighted by atomic mass is 16.3. The Balaban J connectivity index is 3.95. The van der Waals surface area contributed by atoms with E-state index in [9.17, 15) is 10.2 Å². The molecule has 0 fully saturated rings. The first kappa shape index (κ1) is 19.5. The van der Waals surface area contributed by atoms with E-state index in [1.54, 1.807) is 0 Å². The van der Waals surface area contributed by atoms with Crippen LogP contribution in [0, 0.1) is 0 Å². The minimum Gasteiger partial charge on any atom is -0.394 e. The molecule has 0 bridgehead atoms. The summed E-state index contributed by atoms with van der Waals surface area (Å²) in [6, 6.07) is 0. The van der Waals surface area contributed by atoms with Crippen LogP contribution >= 0.6 is 0 Å². The Morgan fingerprint density at radius 3 is 1.95 bits per heavy atom. The Morgan fingerprint density at radius 1 is 0.900 bits per heavy atom. The molecule has 5 heteroatoms. The van der Waals surface area contributed by atoms with Gasteiger partial charge in [-0.15, -0.1) is 0 Å². The molecule has 0 rings (SSSR count). The summed E-state index contributed by atoms with van der Waals surface area (Å²) in [6.45, 7) is 2.89. The van der Waals surface area contributed by atoms with Crippen molar-refractivity contribution in [3.63, 3.8) is 0 Å². The summed E-state index contributed by atoms with van der Waals surface area (Å²) in [6.07, 6.45) is 8.27. The lowest BCUT2D eigenvalue weighted by molar-refractivity contribution is 0.0239. The highest BCUT2D eigenvalue weighted by Crippen LogP contribution is 2.02. The fourth-order valence-corrected chi connectivity index (χ4v) is 1.97. The van der Waals surface area contributed by atoms with Gasteiger partial charge in [-0.2, -0.15) is 0 Å². The highest BCUT2D eigenvalue weighted by molar-refractivity contribution is 4.83. The second kappa shape index (κ2) is 13.5. The molecule has 0 amide bonds. The number of aliphatic hydroxyl groups is 4. The van der Waals surface area contributed by atoms with Crippen molar-refractivity contribution in [3.05, 3.63) is 12.2 Å². The average molecular weight is 289 g/mol. The lowest BCUT2D eigenvalue weighted by Gasteiger charge is -2.25. The van der Waals surface area contributed by atoms with Crippen LogP contribution < -0.4 is 0 Å². The van der Waals surface area contributed by atoms with E-state index < -0.39 is 12.2 Å². The Hall–Kier alpha value is -0.460. The van der Waals surface area contributed by atoms with Crippen molar-refractivity contribution in [2.75, 3.05) is 32.8 Å². The first-order valence-corrected chi connectivity index (χ1v) is 7.59. The predicted molar refractivity (Wildman–Crippen MR) is 80.5 cm³/mol. The maximum Gasteiger partial charge on any atom is 0.0897 e. The fourth-order valence-electron chi connectivity index (χ4n) is 1.97. The lowest BCUT2D eigenvalue weighted by atomic mass is 10.2. The van der Waals surface area contributed by atoms with E-state index in [4.69, 9.17) is 10.2 Å². The minimum absolute atomic E-state index is 0.293. The Labute approximate surface area is 122 Å². The van der Waals surface area contributed by atoms with Crippen LogP contribution in [0.5, 0.6) is 0 Å². The molecule has 0 heterocycles. The van der Waals surface area contributed by atoms with E-state index in [0.29, 0.717) is 19.6 Å². The molecule has 0 aromatic heterocycles. The van der Waals surface area contributed by atoms with Crippen LogP contribution in [-0.4, -0.2) is 70.4 Å². The standard InChI is InChI=1S/C15H31NO4/c1-2-3-4-5-6-7-8-9-16(10-14(19)12-17)11-15(20)13-18/h6-7,14-15,17-20H,2-5,8-13H2,1H3/b7-6+. The number of aliphatic hydroxyl groups excluding tert-OH is 4. The van der Waals surface area contributed by atoms with Crippen molar-refractivity contribution in [1.29, 1.82) is 0 Å². The molecule has 4 N–H and O–H groups in total. The van der Waals surface area contributed by atoms with Gasteiger partial charge in [0.15, 0.2) is 0 Å². The molecule has 2 atom stereocenters. The summed E-state index contributed by atoms with van der Waals surface area (Å²) in [5.74, 6) is 0. The van der Waals surface area contributed by atoms with Gasteiger partial charge in [-0.3, -0.25) is 4.90 Å². The van der Waals surface area contributed by atoms with Gasteiger partial charge in [-0.05, 0) is 19.3 Å². The molecule has 0 aromatic rings. The topological polar surface area (TPSA) is 84.2 Å². The maximum absolute atomic E-state index is 9.46. The predicted octanol–water partition coefficient (Wildman–Crippen LogP) is 0.521. The highest BCUT2D eigenvalue weighted by Gasteiger charge is 2.14. The quantitative estimate of drug-likeness (QED) is 0.293. The first-order chi connectivity index (χ1) is 9.63. The van der Waals surface area contributed by atoms with Crippen molar-refractivity contribution in [2.45, 2.75) is 51.2 Å². The van der Waals surface area contributed by atoms with Gasteiger partial charge in [0, 0.05) is 19.6 Å². The zero-order valence-electron chi connectivity index (χ0n) is 12.6. The lowest BCUT2D eigenvalue weighted by Crippen LogP contribution is -2.40. The number of rotatable bonds is 13. The summed E-state index contributed by atoms with van der Waals surface area (Å²) in [5.41, 5.74) is 0. The van der Waals surface area contributed by atoms with Crippen LogP contribution in [0.4, 0.5) is 0 Å². The van der Waals surface area contributed by atoms with Crippen LogP contribution in [0.1, 0.15) is 39.0 Å². The maximum atomic E-state index is 9.46. The molecule has 0 saturated carbocycles. The number of nitrogens with zero attached hydrogens (tertiary/aromatic N) is 1. The number of allylic oxidation sites excluding steroid dienone is 1. The molecule has 120 valence electrons. The van der Waals surface area contributed by atoms with E-state index in [-0.39, 0.29) is 13.2 Å². The second-order valence-corrected chi connectivity index (χ2v) is 5.19. The molecule has 0 aliphatic heterocycles. The molecule has 0 aromatic carbocycles. The smallest absolute Gasteiger partial charge is 0.0897 e. The molecule has 20 heavy (non-hydrogen) atoms. The van der Waals surface area contributed by atoms with E-state index in [1.165, 1.54) is 19.3 Å². The Kier molecular flexibility index (Phi) is 13.2. The SMILES string of the molecule is CCCCC/C=C/CCN(CC(O)CO)CC(O)CO. The molecule has 0 radical (unpaired) electrons. The monoisotopic (exact) mass is 289 g/mol. The summed E-state index contributed by atoms with van der Waals surface area (Å²) < 4.78 is 0. The summed E-state index contributed by atoms with van der Waals surface area (Å²) in [4.78, 5) is 1.86. The van der Waals surface area contributed by atoms with Crippen molar-refractivity contribution >= 4 is 0 Å². The Bertz CT molecular complexity index is 224. The summed E-state index contributed by atoms with van der Waals surface area (Å²) in [5, 5.41) is 36.6. The van der Waals surface area contributed by atoms with Crippen LogP contribution in [0.2, 0.25) is 0 Å². The number of hydrogen-bond acceptors (Lipinski definition) is 5. The van der Waals surface area contributed by atoms with Gasteiger partial charge in [0.25, 0.3) is 0 Å². The normalized spacial score (nSPS) is 15.1. The molecule has 0 spiro atoms. The summed E-state index contributed by atoms with van der Waals surface area (Å²) in [7, 11) is 0. The zero-order valence-corrected chi connectivity index (χ0v) is 12.6. The molecular formula is C15H31NO4. The van der Waals surface area contributed by atoms with Crippen LogP contribution in [0.25, 0.3) is 0 Å². The van der Waals surface area contributed by atoms with Gasteiger partial charge in [0.05, 0.1) is 25.4 Å². The third-order valence-corrected chi connectivity index (χ3v) is 3.11. The van der Waals surface area contributed by atoms with Crippen molar-refractivity contribution in [3.8, 4) is 0 Å². The molecule has 0 aliphatic carbocycles. The van der Waals surface area contributed by atoms with Crippen molar-refractivity contribution in [1.82, 2.24) is 4.90 Å². The largest absolute Gasteiger partial charge is 0.394 e. The van der Waals surface area contributed by atoms with E-state index >= 15 is 0 Å². The molecule has 0 aliphatic rings. The van der Waals surface area contributed by atoms with Gasteiger partial charge in [-0.1, -0.05) is 31.9 Å². The van der Waals surface area contributed by atoms with Gasteiger partial charge < -0.3 is 20.4 Å². The van der Waals surface area contributed by atoms with E-state index in [0.717, 1.165) is 12.8 Å². The summed E-state index contributed by atoms with van der Waals surface area (Å²) >= 11 is 0. The fraction of sp³-hybridized carbons (Fsp3) is 0.867. The second-order valence-electron chi connectivity index (χ2n) is 5.19. The van der Waals surface area contributed by atoms with Gasteiger partial charge in [0.2, 0.25) is 0 Å². The minimum atomic E-state index is -0.811. The number of hydrogen-bond donors (Lipinski definition) is 4. The molecular weight excluding hydrogens is 258 g/mol.